The maximum absolute atomic E-state index is 11.2. The molecule has 0 heterocycles. The summed E-state index contributed by atoms with van der Waals surface area (Å²) in [4.78, 5) is 11.2. The Bertz CT molecular complexity index is 486. The van der Waals surface area contributed by atoms with E-state index in [9.17, 15) is 9.90 Å². The van der Waals surface area contributed by atoms with Gasteiger partial charge in [-0.25, -0.2) is 0 Å². The zero-order chi connectivity index (χ0) is 13.5. The summed E-state index contributed by atoms with van der Waals surface area (Å²) in [6, 6.07) is 7.65. The zero-order valence-electron chi connectivity index (χ0n) is 11.0. The fraction of sp³-hybridized carbons (Fsp3) is 0.357. The minimum absolute atomic E-state index is 0.00121. The summed E-state index contributed by atoms with van der Waals surface area (Å²) in [5.74, 6) is -0.411. The van der Waals surface area contributed by atoms with Crippen LogP contribution in [0.25, 0.3) is 0 Å². The van der Waals surface area contributed by atoms with Gasteiger partial charge >= 0.3 is 0 Å². The van der Waals surface area contributed by atoms with Gasteiger partial charge in [0.2, 0.25) is 0 Å². The van der Waals surface area contributed by atoms with Gasteiger partial charge in [-0.2, -0.15) is 5.11 Å². The lowest BCUT2D eigenvalue weighted by Gasteiger charge is -2.02. The lowest BCUT2D eigenvalue weighted by Crippen LogP contribution is -1.96. The van der Waals surface area contributed by atoms with Gasteiger partial charge in [-0.05, 0) is 25.0 Å². The number of benzene rings is 1. The highest BCUT2D eigenvalue weighted by Gasteiger charge is 2.07. The fourth-order valence-corrected chi connectivity index (χ4v) is 1.59. The Kier molecular flexibility index (Phi) is 5.24. The number of hydrogen-bond acceptors (Lipinski definition) is 4. The topological polar surface area (TPSA) is 62.0 Å². The minimum atomic E-state index is -0.299. The van der Waals surface area contributed by atoms with E-state index in [1.54, 1.807) is 0 Å². The highest BCUT2D eigenvalue weighted by Crippen LogP contribution is 2.21. The molecule has 0 radical (unpaired) electrons. The number of rotatable bonds is 5. The average Bonchev–Trinajstić information content (AvgIpc) is 2.31. The van der Waals surface area contributed by atoms with E-state index in [2.05, 4.69) is 17.2 Å². The van der Waals surface area contributed by atoms with Crippen molar-refractivity contribution in [3.05, 3.63) is 41.3 Å². The molecule has 0 aliphatic heterocycles. The Morgan fingerprint density at radius 2 is 1.94 bits per heavy atom. The number of carbonyl (C=O) groups excluding carboxylic acids is 1. The van der Waals surface area contributed by atoms with E-state index in [4.69, 9.17) is 0 Å². The number of allylic oxidation sites excluding steroid dienone is 2. The van der Waals surface area contributed by atoms with E-state index in [0.717, 1.165) is 24.1 Å². The molecule has 0 spiro atoms. The molecular formula is C14H18N2O2. The number of aliphatic hydroxyl groups is 1. The Morgan fingerprint density at radius 1 is 1.28 bits per heavy atom. The zero-order valence-corrected chi connectivity index (χ0v) is 11.0. The van der Waals surface area contributed by atoms with Crippen molar-refractivity contribution in [3.8, 4) is 0 Å². The first-order chi connectivity index (χ1) is 8.56. The number of Topliss-reactive ketones (excluding diaryl/α,β-unsaturated/α-hetero) is 1. The van der Waals surface area contributed by atoms with Crippen molar-refractivity contribution in [1.29, 1.82) is 0 Å². The maximum atomic E-state index is 11.2. The second kappa shape index (κ2) is 6.69. The summed E-state index contributed by atoms with van der Waals surface area (Å²) >= 11 is 0. The van der Waals surface area contributed by atoms with Crippen LogP contribution in [0, 0.1) is 0 Å². The summed E-state index contributed by atoms with van der Waals surface area (Å²) in [6.45, 7) is 4.87. The molecule has 0 amide bonds. The van der Waals surface area contributed by atoms with E-state index in [1.165, 1.54) is 13.8 Å². The summed E-state index contributed by atoms with van der Waals surface area (Å²) in [5.41, 5.74) is 1.82. The number of hydrogen-bond donors (Lipinski definition) is 1. The van der Waals surface area contributed by atoms with Gasteiger partial charge in [0, 0.05) is 6.92 Å². The van der Waals surface area contributed by atoms with E-state index in [0.29, 0.717) is 0 Å². The van der Waals surface area contributed by atoms with E-state index >= 15 is 0 Å². The lowest BCUT2D eigenvalue weighted by atomic mass is 10.1. The van der Waals surface area contributed by atoms with Gasteiger partial charge in [-0.15, -0.1) is 5.11 Å². The van der Waals surface area contributed by atoms with Gasteiger partial charge in [0.05, 0.1) is 5.69 Å². The van der Waals surface area contributed by atoms with Gasteiger partial charge < -0.3 is 5.11 Å². The quantitative estimate of drug-likeness (QED) is 0.483. The smallest absolute Gasteiger partial charge is 0.183 e. The molecule has 1 aromatic rings. The molecule has 4 nitrogen and oxygen atoms in total. The maximum Gasteiger partial charge on any atom is 0.183 e. The monoisotopic (exact) mass is 246 g/mol. The summed E-state index contributed by atoms with van der Waals surface area (Å²) < 4.78 is 0. The molecular weight excluding hydrogens is 228 g/mol. The van der Waals surface area contributed by atoms with Gasteiger partial charge in [0.25, 0.3) is 0 Å². The first-order valence-corrected chi connectivity index (χ1v) is 5.96. The standard InChI is InChI=1S/C14H18N2O2/c1-4-7-12-8-5-6-9-13(12)15-16-14(10(2)17)11(3)18/h5-6,8-9,17H,4,7H2,1-3H3. The molecule has 4 heteroatoms. The summed E-state index contributed by atoms with van der Waals surface area (Å²) in [6.07, 6.45) is 1.92. The van der Waals surface area contributed by atoms with Crippen LogP contribution in [0.1, 0.15) is 32.8 Å². The van der Waals surface area contributed by atoms with Crippen molar-refractivity contribution in [3.63, 3.8) is 0 Å². The molecule has 0 aliphatic rings. The molecule has 96 valence electrons. The number of aryl methyl sites for hydroxylation is 1. The van der Waals surface area contributed by atoms with E-state index in [-0.39, 0.29) is 17.2 Å². The number of ketones is 1. The van der Waals surface area contributed by atoms with Crippen LogP contribution in [0.5, 0.6) is 0 Å². The molecule has 0 atom stereocenters. The molecule has 1 N–H and O–H groups in total. The van der Waals surface area contributed by atoms with Crippen LogP contribution in [0.15, 0.2) is 46.0 Å². The Morgan fingerprint density at radius 3 is 2.50 bits per heavy atom. The molecule has 0 aromatic heterocycles. The van der Waals surface area contributed by atoms with Crippen molar-refractivity contribution in [2.45, 2.75) is 33.6 Å². The predicted molar refractivity (Wildman–Crippen MR) is 71.0 cm³/mol. The largest absolute Gasteiger partial charge is 0.510 e. The van der Waals surface area contributed by atoms with Gasteiger partial charge in [0.15, 0.2) is 11.5 Å². The van der Waals surface area contributed by atoms with Crippen LogP contribution >= 0.6 is 0 Å². The average molecular weight is 246 g/mol. The first kappa shape index (κ1) is 14.1. The van der Waals surface area contributed by atoms with Crippen molar-refractivity contribution < 1.29 is 9.90 Å². The van der Waals surface area contributed by atoms with Crippen LogP contribution < -0.4 is 0 Å². The van der Waals surface area contributed by atoms with Crippen molar-refractivity contribution in [2.24, 2.45) is 10.2 Å². The number of aliphatic hydroxyl groups excluding tert-OH is 1. The number of azo groups is 1. The number of carbonyl (C=O) groups is 1. The molecule has 0 saturated heterocycles. The van der Waals surface area contributed by atoms with Gasteiger partial charge in [-0.1, -0.05) is 31.5 Å². The van der Waals surface area contributed by atoms with Gasteiger partial charge in [0.1, 0.15) is 5.76 Å². The highest BCUT2D eigenvalue weighted by atomic mass is 16.3. The molecule has 1 rings (SSSR count). The Balaban J connectivity index is 3.03. The molecule has 0 fully saturated rings. The third kappa shape index (κ3) is 3.80. The molecule has 0 aliphatic carbocycles. The molecule has 18 heavy (non-hydrogen) atoms. The van der Waals surface area contributed by atoms with Crippen molar-refractivity contribution in [2.75, 3.05) is 0 Å². The fourth-order valence-electron chi connectivity index (χ4n) is 1.59. The SMILES string of the molecule is CCCc1ccccc1N=NC(C(C)=O)=C(C)O. The Hall–Kier alpha value is -1.97. The van der Waals surface area contributed by atoms with Crippen LogP contribution in [-0.4, -0.2) is 10.9 Å². The van der Waals surface area contributed by atoms with E-state index in [1.807, 2.05) is 24.3 Å². The second-order valence-electron chi connectivity index (χ2n) is 4.07. The van der Waals surface area contributed by atoms with Crippen LogP contribution in [0.3, 0.4) is 0 Å². The second-order valence-corrected chi connectivity index (χ2v) is 4.07. The van der Waals surface area contributed by atoms with E-state index < -0.39 is 0 Å². The highest BCUT2D eigenvalue weighted by molar-refractivity contribution is 5.93. The minimum Gasteiger partial charge on any atom is -0.510 e. The van der Waals surface area contributed by atoms with Crippen LogP contribution in [0.4, 0.5) is 5.69 Å². The molecule has 0 saturated carbocycles. The summed E-state index contributed by atoms with van der Waals surface area (Å²) in [5, 5.41) is 17.2. The van der Waals surface area contributed by atoms with Crippen molar-refractivity contribution >= 4 is 11.5 Å². The lowest BCUT2D eigenvalue weighted by molar-refractivity contribution is -0.113. The molecule has 0 unspecified atom stereocenters. The van der Waals surface area contributed by atoms with Crippen LogP contribution in [-0.2, 0) is 11.2 Å². The first-order valence-electron chi connectivity index (χ1n) is 5.96. The van der Waals surface area contributed by atoms with Crippen molar-refractivity contribution in [1.82, 2.24) is 0 Å². The predicted octanol–water partition coefficient (Wildman–Crippen LogP) is 4.10. The van der Waals surface area contributed by atoms with Crippen LogP contribution in [0.2, 0.25) is 0 Å². The normalized spacial score (nSPS) is 12.6. The number of nitrogens with zero attached hydrogens (tertiary/aromatic N) is 2. The Labute approximate surface area is 107 Å². The molecule has 1 aromatic carbocycles. The molecule has 0 bridgehead atoms. The third-order valence-electron chi connectivity index (χ3n) is 2.44. The summed E-state index contributed by atoms with van der Waals surface area (Å²) in [7, 11) is 0. The third-order valence-corrected chi connectivity index (χ3v) is 2.44. The van der Waals surface area contributed by atoms with Gasteiger partial charge in [-0.3, -0.25) is 4.79 Å².